The lowest BCUT2D eigenvalue weighted by molar-refractivity contribution is -0.136. The molecule has 0 saturated carbocycles. The number of piperidine rings is 1. The van der Waals surface area contributed by atoms with Gasteiger partial charge in [0.15, 0.2) is 0 Å². The summed E-state index contributed by atoms with van der Waals surface area (Å²) in [5.74, 6) is -0.575. The Balaban J connectivity index is 1.39. The number of hydrogen-bond donors (Lipinski definition) is 3. The summed E-state index contributed by atoms with van der Waals surface area (Å²) in [5.41, 5.74) is 4.79. The highest BCUT2D eigenvalue weighted by molar-refractivity contribution is 7.12. The van der Waals surface area contributed by atoms with Crippen molar-refractivity contribution in [2.24, 2.45) is 0 Å². The van der Waals surface area contributed by atoms with E-state index in [1.54, 1.807) is 0 Å². The molecular formula is C23H26N4O4S. The van der Waals surface area contributed by atoms with Crippen LogP contribution in [0.2, 0.25) is 0 Å². The number of benzene rings is 1. The number of imide groups is 1. The van der Waals surface area contributed by atoms with E-state index in [1.807, 2.05) is 23.6 Å². The summed E-state index contributed by atoms with van der Waals surface area (Å²) in [6, 6.07) is 4.89. The summed E-state index contributed by atoms with van der Waals surface area (Å²) in [6.45, 7) is 6.86. The van der Waals surface area contributed by atoms with Crippen LogP contribution in [0.3, 0.4) is 0 Å². The molecule has 2 aromatic rings. The lowest BCUT2D eigenvalue weighted by Crippen LogP contribution is -2.52. The van der Waals surface area contributed by atoms with Crippen molar-refractivity contribution in [3.8, 4) is 0 Å². The summed E-state index contributed by atoms with van der Waals surface area (Å²) in [4.78, 5) is 50.9. The fourth-order valence-electron chi connectivity index (χ4n) is 4.21. The molecule has 5 amide bonds. The van der Waals surface area contributed by atoms with Crippen molar-refractivity contribution < 1.29 is 19.2 Å². The Morgan fingerprint density at radius 2 is 2.06 bits per heavy atom. The molecule has 1 fully saturated rings. The van der Waals surface area contributed by atoms with Crippen LogP contribution in [0.15, 0.2) is 23.6 Å². The predicted octanol–water partition coefficient (Wildman–Crippen LogP) is 3.26. The van der Waals surface area contributed by atoms with Crippen molar-refractivity contribution in [2.45, 2.75) is 58.7 Å². The minimum absolute atomic E-state index is 0.198. The Morgan fingerprint density at radius 1 is 1.28 bits per heavy atom. The van der Waals surface area contributed by atoms with E-state index in [4.69, 9.17) is 0 Å². The van der Waals surface area contributed by atoms with Gasteiger partial charge in [0.1, 0.15) is 6.04 Å². The number of thiophene rings is 1. The molecule has 0 radical (unpaired) electrons. The summed E-state index contributed by atoms with van der Waals surface area (Å²) < 4.78 is 0. The molecule has 8 nitrogen and oxygen atoms in total. The van der Waals surface area contributed by atoms with E-state index in [-0.39, 0.29) is 30.8 Å². The van der Waals surface area contributed by atoms with Crippen LogP contribution in [-0.2, 0) is 22.7 Å². The Morgan fingerprint density at radius 3 is 2.78 bits per heavy atom. The van der Waals surface area contributed by atoms with E-state index < -0.39 is 11.9 Å². The van der Waals surface area contributed by atoms with Gasteiger partial charge in [-0.25, -0.2) is 4.79 Å². The number of amides is 5. The summed E-state index contributed by atoms with van der Waals surface area (Å²) in [7, 11) is 0. The second kappa shape index (κ2) is 8.74. The number of rotatable bonds is 5. The van der Waals surface area contributed by atoms with Crippen LogP contribution >= 0.6 is 11.3 Å². The number of carbonyl (C=O) groups excluding carboxylic acids is 4. The Kier molecular flexibility index (Phi) is 6.01. The maximum Gasteiger partial charge on any atom is 0.319 e. The highest BCUT2D eigenvalue weighted by Crippen LogP contribution is 2.34. The van der Waals surface area contributed by atoms with Crippen molar-refractivity contribution in [3.63, 3.8) is 0 Å². The third kappa shape index (κ3) is 4.25. The van der Waals surface area contributed by atoms with Gasteiger partial charge in [-0.1, -0.05) is 19.9 Å². The predicted molar refractivity (Wildman–Crippen MR) is 121 cm³/mol. The average molecular weight is 455 g/mol. The normalized spacial score (nSPS) is 18.1. The zero-order valence-electron chi connectivity index (χ0n) is 18.3. The molecule has 1 saturated heterocycles. The zero-order chi connectivity index (χ0) is 23.0. The molecule has 9 heteroatoms. The van der Waals surface area contributed by atoms with Gasteiger partial charge in [0.05, 0.1) is 4.88 Å². The quantitative estimate of drug-likeness (QED) is 0.603. The molecule has 1 unspecified atom stereocenters. The van der Waals surface area contributed by atoms with Gasteiger partial charge in [-0.15, -0.1) is 11.3 Å². The molecule has 0 bridgehead atoms. The SMILES string of the molecule is Cc1ccc(NC(=O)NCc2csc3c2CN(C2CCC(=O)NC2=O)C3=O)cc1C(C)C. The number of fused-ring (bicyclic) bond motifs is 1. The first-order valence-corrected chi connectivity index (χ1v) is 11.5. The first-order chi connectivity index (χ1) is 15.2. The van der Waals surface area contributed by atoms with E-state index in [0.29, 0.717) is 23.8 Å². The molecule has 1 atom stereocenters. The minimum atomic E-state index is -0.638. The van der Waals surface area contributed by atoms with Crippen molar-refractivity contribution >= 4 is 40.8 Å². The fraction of sp³-hybridized carbons (Fsp3) is 0.391. The Bertz CT molecular complexity index is 1110. The largest absolute Gasteiger partial charge is 0.334 e. The second-order valence-corrected chi connectivity index (χ2v) is 9.38. The number of nitrogens with zero attached hydrogens (tertiary/aromatic N) is 1. The maximum atomic E-state index is 12.8. The molecule has 0 aliphatic carbocycles. The summed E-state index contributed by atoms with van der Waals surface area (Å²) in [6.07, 6.45) is 0.552. The monoisotopic (exact) mass is 454 g/mol. The molecule has 2 aliphatic heterocycles. The number of aryl methyl sites for hydroxylation is 1. The first-order valence-electron chi connectivity index (χ1n) is 10.6. The number of anilines is 1. The van der Waals surface area contributed by atoms with Crippen LogP contribution in [0, 0.1) is 6.92 Å². The second-order valence-electron chi connectivity index (χ2n) is 8.50. The highest BCUT2D eigenvalue weighted by atomic mass is 32.1. The van der Waals surface area contributed by atoms with Gasteiger partial charge in [-0.2, -0.15) is 0 Å². The van der Waals surface area contributed by atoms with E-state index in [2.05, 4.69) is 36.7 Å². The number of nitrogens with one attached hydrogen (secondary N) is 3. The third-order valence-corrected chi connectivity index (χ3v) is 7.01. The highest BCUT2D eigenvalue weighted by Gasteiger charge is 2.40. The lowest BCUT2D eigenvalue weighted by Gasteiger charge is -2.29. The van der Waals surface area contributed by atoms with Gasteiger partial charge in [-0.3, -0.25) is 19.7 Å². The molecule has 3 N–H and O–H groups in total. The topological polar surface area (TPSA) is 108 Å². The van der Waals surface area contributed by atoms with Crippen molar-refractivity contribution in [3.05, 3.63) is 50.7 Å². The van der Waals surface area contributed by atoms with E-state index in [9.17, 15) is 19.2 Å². The van der Waals surface area contributed by atoms with E-state index in [1.165, 1.54) is 27.4 Å². The third-order valence-electron chi connectivity index (χ3n) is 5.95. The number of carbonyl (C=O) groups is 4. The molecule has 168 valence electrons. The summed E-state index contributed by atoms with van der Waals surface area (Å²) in [5, 5.41) is 9.89. The molecule has 0 spiro atoms. The van der Waals surface area contributed by atoms with Crippen LogP contribution in [0.5, 0.6) is 0 Å². The maximum absolute atomic E-state index is 12.8. The number of urea groups is 1. The van der Waals surface area contributed by atoms with Gasteiger partial charge in [0, 0.05) is 30.8 Å². The molecule has 4 rings (SSSR count). The van der Waals surface area contributed by atoms with Crippen LogP contribution in [-0.4, -0.2) is 34.7 Å². The zero-order valence-corrected chi connectivity index (χ0v) is 19.1. The lowest BCUT2D eigenvalue weighted by atomic mass is 9.97. The molecule has 1 aromatic carbocycles. The summed E-state index contributed by atoms with van der Waals surface area (Å²) >= 11 is 1.32. The van der Waals surface area contributed by atoms with Gasteiger partial charge >= 0.3 is 6.03 Å². The smallest absolute Gasteiger partial charge is 0.319 e. The van der Waals surface area contributed by atoms with E-state index in [0.717, 1.165) is 16.8 Å². The van der Waals surface area contributed by atoms with Crippen LogP contribution in [0.4, 0.5) is 10.5 Å². The van der Waals surface area contributed by atoms with Crippen LogP contribution in [0.1, 0.15) is 64.5 Å². The molecule has 32 heavy (non-hydrogen) atoms. The Labute approximate surface area is 190 Å². The fourth-order valence-corrected chi connectivity index (χ4v) is 5.26. The Hall–Kier alpha value is -3.20. The molecular weight excluding hydrogens is 428 g/mol. The van der Waals surface area contributed by atoms with Crippen molar-refractivity contribution in [1.82, 2.24) is 15.5 Å². The average Bonchev–Trinajstić information content (AvgIpc) is 3.28. The standard InChI is InChI=1S/C23H26N4O4S/c1-12(2)16-8-15(5-4-13(16)3)25-23(31)24-9-14-11-32-20-17(14)10-27(22(20)30)18-6-7-19(28)26-21(18)29/h4-5,8,11-12,18H,6-7,9-10H2,1-3H3,(H2,24,25,31)(H,26,28,29). The van der Waals surface area contributed by atoms with Gasteiger partial charge in [0.2, 0.25) is 11.8 Å². The van der Waals surface area contributed by atoms with Gasteiger partial charge in [-0.05, 0) is 53.5 Å². The van der Waals surface area contributed by atoms with Crippen LogP contribution < -0.4 is 16.0 Å². The minimum Gasteiger partial charge on any atom is -0.334 e. The molecule has 2 aliphatic rings. The van der Waals surface area contributed by atoms with Crippen molar-refractivity contribution in [2.75, 3.05) is 5.32 Å². The van der Waals surface area contributed by atoms with Crippen molar-refractivity contribution in [1.29, 1.82) is 0 Å². The number of hydrogen-bond acceptors (Lipinski definition) is 5. The van der Waals surface area contributed by atoms with Crippen LogP contribution in [0.25, 0.3) is 0 Å². The first kappa shape index (κ1) is 22.0. The van der Waals surface area contributed by atoms with Gasteiger partial charge in [0.25, 0.3) is 5.91 Å². The van der Waals surface area contributed by atoms with Gasteiger partial charge < -0.3 is 15.5 Å². The molecule has 3 heterocycles. The molecule has 1 aromatic heterocycles. The van der Waals surface area contributed by atoms with E-state index >= 15 is 0 Å².